The molecule has 0 fully saturated rings. The fourth-order valence-electron chi connectivity index (χ4n) is 2.76. The van der Waals surface area contributed by atoms with Gasteiger partial charge in [0.2, 0.25) is 0 Å². The van der Waals surface area contributed by atoms with E-state index in [0.29, 0.717) is 13.2 Å². The molecule has 1 amide bonds. The van der Waals surface area contributed by atoms with Crippen LogP contribution in [0.15, 0.2) is 83.8 Å². The van der Waals surface area contributed by atoms with E-state index in [1.54, 1.807) is 42.5 Å². The molecule has 0 unspecified atom stereocenters. The van der Waals surface area contributed by atoms with Gasteiger partial charge in [-0.05, 0) is 48.9 Å². The second kappa shape index (κ2) is 9.25. The van der Waals surface area contributed by atoms with E-state index < -0.39 is 10.0 Å². The summed E-state index contributed by atoms with van der Waals surface area (Å²) in [6, 6.07) is 22.0. The number of sulfonamides is 1. The number of amides is 1. The summed E-state index contributed by atoms with van der Waals surface area (Å²) >= 11 is 0. The van der Waals surface area contributed by atoms with Crippen LogP contribution in [0.3, 0.4) is 0 Å². The second-order valence-electron chi connectivity index (χ2n) is 6.23. The predicted molar refractivity (Wildman–Crippen MR) is 112 cm³/mol. The minimum atomic E-state index is -3.79. The van der Waals surface area contributed by atoms with E-state index in [1.165, 1.54) is 12.1 Å². The Bertz CT molecular complexity index is 1080. The summed E-state index contributed by atoms with van der Waals surface area (Å²) in [5, 5.41) is 2.82. The number of hydrogen-bond acceptors (Lipinski definition) is 4. The van der Waals surface area contributed by atoms with Crippen molar-refractivity contribution in [1.29, 1.82) is 0 Å². The molecule has 0 radical (unpaired) electrons. The first-order valence-corrected chi connectivity index (χ1v) is 10.6. The van der Waals surface area contributed by atoms with Crippen LogP contribution in [0.1, 0.15) is 22.8 Å². The lowest BCUT2D eigenvalue weighted by atomic mass is 10.1. The van der Waals surface area contributed by atoms with Gasteiger partial charge in [-0.15, -0.1) is 0 Å². The van der Waals surface area contributed by atoms with Crippen molar-refractivity contribution in [3.63, 3.8) is 0 Å². The number of hydrogen-bond donors (Lipinski definition) is 2. The number of carbonyl (C=O) groups excluding carboxylic acids is 1. The molecular weight excluding hydrogens is 388 g/mol. The zero-order valence-corrected chi connectivity index (χ0v) is 16.8. The second-order valence-corrected chi connectivity index (χ2v) is 7.91. The Morgan fingerprint density at radius 1 is 0.931 bits per heavy atom. The third-order valence-electron chi connectivity index (χ3n) is 4.13. The highest BCUT2D eigenvalue weighted by molar-refractivity contribution is 7.92. The fourth-order valence-corrected chi connectivity index (χ4v) is 3.86. The first-order valence-electron chi connectivity index (χ1n) is 9.16. The number of rotatable bonds is 8. The van der Waals surface area contributed by atoms with Crippen LogP contribution in [0.2, 0.25) is 0 Å². The molecule has 29 heavy (non-hydrogen) atoms. The molecule has 0 bridgehead atoms. The van der Waals surface area contributed by atoms with E-state index in [2.05, 4.69) is 10.0 Å². The standard InChI is InChI=1S/C22H22N2O4S/c1-2-28-18-10-8-9-17(15-18)16-23-22(25)20-13-6-7-14-21(20)24-29(26,27)19-11-4-3-5-12-19/h3-15,24H,2,16H2,1H3,(H,23,25). The zero-order valence-electron chi connectivity index (χ0n) is 16.0. The van der Waals surface area contributed by atoms with Gasteiger partial charge in [-0.25, -0.2) is 8.42 Å². The predicted octanol–water partition coefficient (Wildman–Crippen LogP) is 3.82. The molecule has 0 aliphatic heterocycles. The van der Waals surface area contributed by atoms with E-state index in [4.69, 9.17) is 4.74 Å². The number of ether oxygens (including phenoxy) is 1. The molecular formula is C22H22N2O4S. The van der Waals surface area contributed by atoms with Crippen molar-refractivity contribution in [2.75, 3.05) is 11.3 Å². The molecule has 0 heterocycles. The summed E-state index contributed by atoms with van der Waals surface area (Å²) < 4.78 is 33.2. The highest BCUT2D eigenvalue weighted by Crippen LogP contribution is 2.20. The molecule has 6 nitrogen and oxygen atoms in total. The fraction of sp³-hybridized carbons (Fsp3) is 0.136. The van der Waals surface area contributed by atoms with Crippen LogP contribution < -0.4 is 14.8 Å². The van der Waals surface area contributed by atoms with Gasteiger partial charge in [-0.1, -0.05) is 42.5 Å². The topological polar surface area (TPSA) is 84.5 Å². The third-order valence-corrected chi connectivity index (χ3v) is 5.51. The van der Waals surface area contributed by atoms with Gasteiger partial charge in [0, 0.05) is 6.54 Å². The molecule has 150 valence electrons. The van der Waals surface area contributed by atoms with E-state index >= 15 is 0 Å². The maximum Gasteiger partial charge on any atom is 0.261 e. The monoisotopic (exact) mass is 410 g/mol. The van der Waals surface area contributed by atoms with Gasteiger partial charge in [0.05, 0.1) is 22.8 Å². The molecule has 0 saturated carbocycles. The number of anilines is 1. The van der Waals surface area contributed by atoms with Crippen molar-refractivity contribution in [3.8, 4) is 5.75 Å². The summed E-state index contributed by atoms with van der Waals surface area (Å²) in [6.07, 6.45) is 0. The van der Waals surface area contributed by atoms with Crippen molar-refractivity contribution in [1.82, 2.24) is 5.32 Å². The maximum absolute atomic E-state index is 12.7. The van der Waals surface area contributed by atoms with E-state index in [0.717, 1.165) is 11.3 Å². The number of nitrogens with one attached hydrogen (secondary N) is 2. The van der Waals surface area contributed by atoms with Crippen LogP contribution in [0.4, 0.5) is 5.69 Å². The molecule has 3 aromatic rings. The van der Waals surface area contributed by atoms with Crippen LogP contribution in [0.25, 0.3) is 0 Å². The van der Waals surface area contributed by atoms with Crippen molar-refractivity contribution >= 4 is 21.6 Å². The highest BCUT2D eigenvalue weighted by atomic mass is 32.2. The number of para-hydroxylation sites is 1. The average Bonchev–Trinajstić information content (AvgIpc) is 2.73. The van der Waals surface area contributed by atoms with Gasteiger partial charge in [0.1, 0.15) is 5.75 Å². The van der Waals surface area contributed by atoms with Gasteiger partial charge >= 0.3 is 0 Å². The van der Waals surface area contributed by atoms with Gasteiger partial charge in [-0.2, -0.15) is 0 Å². The van der Waals surface area contributed by atoms with Crippen LogP contribution in [0, 0.1) is 0 Å². The Kier molecular flexibility index (Phi) is 6.51. The lowest BCUT2D eigenvalue weighted by Gasteiger charge is -2.13. The van der Waals surface area contributed by atoms with E-state index in [-0.39, 0.29) is 22.1 Å². The molecule has 0 saturated heterocycles. The quantitative estimate of drug-likeness (QED) is 0.591. The molecule has 7 heteroatoms. The first kappa shape index (κ1) is 20.4. The molecule has 0 spiro atoms. The van der Waals surface area contributed by atoms with Crippen LogP contribution in [0.5, 0.6) is 5.75 Å². The lowest BCUT2D eigenvalue weighted by molar-refractivity contribution is 0.0951. The maximum atomic E-state index is 12.7. The van der Waals surface area contributed by atoms with Gasteiger partial charge in [0.15, 0.2) is 0 Å². The van der Waals surface area contributed by atoms with Crippen LogP contribution >= 0.6 is 0 Å². The molecule has 3 aromatic carbocycles. The van der Waals surface area contributed by atoms with Crippen molar-refractivity contribution in [2.24, 2.45) is 0 Å². The minimum absolute atomic E-state index is 0.128. The van der Waals surface area contributed by atoms with Gasteiger partial charge in [-0.3, -0.25) is 9.52 Å². The van der Waals surface area contributed by atoms with Crippen molar-refractivity contribution in [2.45, 2.75) is 18.4 Å². The van der Waals surface area contributed by atoms with Gasteiger partial charge < -0.3 is 10.1 Å². The lowest BCUT2D eigenvalue weighted by Crippen LogP contribution is -2.25. The normalized spacial score (nSPS) is 10.9. The smallest absolute Gasteiger partial charge is 0.261 e. The minimum Gasteiger partial charge on any atom is -0.494 e. The summed E-state index contributed by atoms with van der Waals surface area (Å²) in [4.78, 5) is 12.8. The molecule has 0 aliphatic rings. The summed E-state index contributed by atoms with van der Waals surface area (Å²) in [5.74, 6) is 0.355. The Morgan fingerprint density at radius 2 is 1.66 bits per heavy atom. The van der Waals surface area contributed by atoms with Crippen molar-refractivity contribution in [3.05, 3.63) is 90.0 Å². The number of carbonyl (C=O) groups is 1. The summed E-state index contributed by atoms with van der Waals surface area (Å²) in [6.45, 7) is 2.76. The Hall–Kier alpha value is -3.32. The summed E-state index contributed by atoms with van der Waals surface area (Å²) in [7, 11) is -3.79. The average molecular weight is 410 g/mol. The zero-order chi connectivity index (χ0) is 20.7. The van der Waals surface area contributed by atoms with E-state index in [1.807, 2.05) is 31.2 Å². The van der Waals surface area contributed by atoms with Crippen LogP contribution in [-0.2, 0) is 16.6 Å². The molecule has 0 atom stereocenters. The van der Waals surface area contributed by atoms with Crippen molar-refractivity contribution < 1.29 is 17.9 Å². The SMILES string of the molecule is CCOc1cccc(CNC(=O)c2ccccc2NS(=O)(=O)c2ccccc2)c1. The Morgan fingerprint density at radius 3 is 2.41 bits per heavy atom. The molecule has 3 rings (SSSR count). The first-order chi connectivity index (χ1) is 14.0. The van der Waals surface area contributed by atoms with E-state index in [9.17, 15) is 13.2 Å². The largest absolute Gasteiger partial charge is 0.494 e. The van der Waals surface area contributed by atoms with Crippen LogP contribution in [-0.4, -0.2) is 20.9 Å². The molecule has 2 N–H and O–H groups in total. The third kappa shape index (κ3) is 5.36. The highest BCUT2D eigenvalue weighted by Gasteiger charge is 2.18. The van der Waals surface area contributed by atoms with Gasteiger partial charge in [0.25, 0.3) is 15.9 Å². The number of benzene rings is 3. The Labute approximate surface area is 170 Å². The molecule has 0 aliphatic carbocycles. The summed E-state index contributed by atoms with van der Waals surface area (Å²) in [5.41, 5.74) is 1.34. The Balaban J connectivity index is 1.74. The molecule has 0 aromatic heterocycles.